The van der Waals surface area contributed by atoms with E-state index in [4.69, 9.17) is 0 Å². The number of benzene rings is 4. The Kier molecular flexibility index (Phi) is 12.0. The normalized spacial score (nSPS) is 15.5. The topological polar surface area (TPSA) is 0 Å². The van der Waals surface area contributed by atoms with Crippen molar-refractivity contribution >= 4 is 36.9 Å². The van der Waals surface area contributed by atoms with Crippen LogP contribution in [0.5, 0.6) is 0 Å². The quantitative estimate of drug-likeness (QED) is 0.273. The van der Waals surface area contributed by atoms with Crippen LogP contribution in [-0.4, -0.2) is 4.21 Å². The van der Waals surface area contributed by atoms with Gasteiger partial charge in [-0.1, -0.05) is 133 Å². The predicted octanol–water partition coefficient (Wildman–Crippen LogP) is 4.48. The molecule has 0 aliphatic heterocycles. The van der Waals surface area contributed by atoms with E-state index >= 15 is 0 Å². The van der Waals surface area contributed by atoms with Crippen molar-refractivity contribution in [2.45, 2.75) is 12.8 Å². The average Bonchev–Trinajstić information content (AvgIpc) is 3.62. The van der Waals surface area contributed by atoms with E-state index in [0.29, 0.717) is 0 Å². The van der Waals surface area contributed by atoms with Gasteiger partial charge < -0.3 is 24.8 Å². The van der Waals surface area contributed by atoms with Crippen LogP contribution in [0.25, 0.3) is 32.7 Å². The van der Waals surface area contributed by atoms with Crippen LogP contribution in [-0.2, 0) is 24.2 Å². The second-order valence-corrected chi connectivity index (χ2v) is 10.3. The first kappa shape index (κ1) is 33.3. The second-order valence-electron chi connectivity index (χ2n) is 10.3. The maximum atomic E-state index is 3.34. The van der Waals surface area contributed by atoms with Crippen LogP contribution in [0.1, 0.15) is 24.0 Å². The van der Waals surface area contributed by atoms with E-state index in [9.17, 15) is 0 Å². The van der Waals surface area contributed by atoms with Crippen molar-refractivity contribution in [3.05, 3.63) is 192 Å². The third-order valence-corrected chi connectivity index (χ3v) is 7.98. The molecule has 0 heterocycles. The summed E-state index contributed by atoms with van der Waals surface area (Å²) in [5, 5.41) is 5.24. The first-order chi connectivity index (χ1) is 20.9. The zero-order valence-electron chi connectivity index (χ0n) is 24.4. The summed E-state index contributed by atoms with van der Waals surface area (Å²) in [7, 11) is 0. The first-order valence-corrected chi connectivity index (χ1v) is 16.2. The van der Waals surface area contributed by atoms with Gasteiger partial charge >= 0.3 is 28.4 Å². The summed E-state index contributed by atoms with van der Waals surface area (Å²) < 4.78 is 3.34. The van der Waals surface area contributed by atoms with Crippen molar-refractivity contribution in [2.24, 2.45) is 0 Å². The minimum absolute atomic E-state index is 0. The van der Waals surface area contributed by atoms with Gasteiger partial charge in [0.2, 0.25) is 0 Å². The van der Waals surface area contributed by atoms with Crippen LogP contribution in [0, 0.1) is 12.8 Å². The summed E-state index contributed by atoms with van der Waals surface area (Å²) in [4.78, 5) is 0. The number of hydrogen-bond acceptors (Lipinski definition) is 0. The van der Waals surface area contributed by atoms with Gasteiger partial charge in [0.15, 0.2) is 0 Å². The molecule has 8 rings (SSSR count). The Hall–Kier alpha value is -3.61. The molecule has 0 unspecified atom stereocenters. The van der Waals surface area contributed by atoms with Crippen molar-refractivity contribution in [2.75, 3.05) is 0 Å². The van der Waals surface area contributed by atoms with Gasteiger partial charge in [0.05, 0.1) is 0 Å². The van der Waals surface area contributed by atoms with Crippen molar-refractivity contribution in [3.8, 4) is 0 Å². The van der Waals surface area contributed by atoms with Gasteiger partial charge in [0.25, 0.3) is 0 Å². The van der Waals surface area contributed by atoms with E-state index in [0.717, 1.165) is 12.8 Å². The summed E-state index contributed by atoms with van der Waals surface area (Å²) in [6.45, 7) is 0. The molecule has 0 spiro atoms. The SMILES string of the molecule is C1=CC=C(c2cccc3ccccc23)C2=CC[CH-]C2=C1.C1=CC=C(c2cccc3ccccc23)C2=CC[CH-]C2=C1.[CH2]=[Zr+2].[Cl-].[Cl-]. The zero-order valence-corrected chi connectivity index (χ0v) is 28.4. The summed E-state index contributed by atoms with van der Waals surface area (Å²) in [6.07, 6.45) is 28.7. The number of fused-ring (bicyclic) bond motifs is 4. The van der Waals surface area contributed by atoms with Crippen LogP contribution in [0.15, 0.2) is 168 Å². The fourth-order valence-electron chi connectivity index (χ4n) is 6.10. The molecule has 44 heavy (non-hydrogen) atoms. The first-order valence-electron chi connectivity index (χ1n) is 14.4. The Balaban J connectivity index is 0.000000182. The second kappa shape index (κ2) is 15.9. The summed E-state index contributed by atoms with van der Waals surface area (Å²) in [5.41, 5.74) is 10.7. The third kappa shape index (κ3) is 6.87. The molecule has 0 fully saturated rings. The van der Waals surface area contributed by atoms with Crippen LogP contribution < -0.4 is 24.8 Å². The van der Waals surface area contributed by atoms with Crippen molar-refractivity contribution in [1.82, 2.24) is 0 Å². The summed E-state index contributed by atoms with van der Waals surface area (Å²) in [6, 6.07) is 30.3. The number of hydrogen-bond donors (Lipinski definition) is 0. The molecular formula is C41H32Cl2Zr-2. The fraction of sp³-hybridized carbons (Fsp3) is 0.0488. The van der Waals surface area contributed by atoms with Gasteiger partial charge in [-0.05, 0) is 32.7 Å². The largest absolute Gasteiger partial charge is 1.00 e. The number of halogens is 2. The maximum Gasteiger partial charge on any atom is -1.00 e. The maximum absolute atomic E-state index is 3.34. The molecule has 4 aromatic rings. The molecule has 0 atom stereocenters. The molecule has 0 bridgehead atoms. The molecular weight excluding hydrogens is 655 g/mol. The molecule has 0 aromatic heterocycles. The van der Waals surface area contributed by atoms with E-state index in [1.54, 1.807) is 0 Å². The third-order valence-electron chi connectivity index (χ3n) is 7.98. The van der Waals surface area contributed by atoms with Gasteiger partial charge in [0.1, 0.15) is 0 Å². The Morgan fingerprint density at radius 1 is 0.455 bits per heavy atom. The van der Waals surface area contributed by atoms with E-state index < -0.39 is 0 Å². The van der Waals surface area contributed by atoms with Crippen molar-refractivity contribution in [3.63, 3.8) is 0 Å². The summed E-state index contributed by atoms with van der Waals surface area (Å²) >= 11 is 1.30. The van der Waals surface area contributed by atoms with Crippen LogP contribution in [0.2, 0.25) is 0 Å². The molecule has 0 N–H and O–H groups in total. The number of rotatable bonds is 2. The monoisotopic (exact) mass is 684 g/mol. The minimum atomic E-state index is 0. The number of allylic oxidation sites excluding steroid dienone is 16. The van der Waals surface area contributed by atoms with E-state index in [1.165, 1.54) is 90.3 Å². The Bertz CT molecular complexity index is 1760. The van der Waals surface area contributed by atoms with Crippen molar-refractivity contribution in [1.29, 1.82) is 0 Å². The van der Waals surface area contributed by atoms with E-state index in [-0.39, 0.29) is 24.8 Å². The van der Waals surface area contributed by atoms with Gasteiger partial charge in [-0.25, -0.2) is 0 Å². The van der Waals surface area contributed by atoms with Gasteiger partial charge in [-0.15, -0.1) is 35.5 Å². The average molecular weight is 687 g/mol. The molecule has 0 amide bonds. The van der Waals surface area contributed by atoms with Gasteiger partial charge in [-0.3, -0.25) is 0 Å². The van der Waals surface area contributed by atoms with E-state index in [2.05, 4.69) is 163 Å². The predicted molar refractivity (Wildman–Crippen MR) is 179 cm³/mol. The van der Waals surface area contributed by atoms with Crippen LogP contribution in [0.3, 0.4) is 0 Å². The summed E-state index contributed by atoms with van der Waals surface area (Å²) in [5.74, 6) is 0. The fourth-order valence-corrected chi connectivity index (χ4v) is 6.10. The van der Waals surface area contributed by atoms with Crippen LogP contribution in [0.4, 0.5) is 0 Å². The molecule has 0 radical (unpaired) electrons. The molecule has 0 saturated carbocycles. The van der Waals surface area contributed by atoms with Crippen molar-refractivity contribution < 1.29 is 49.0 Å². The Morgan fingerprint density at radius 2 is 0.841 bits per heavy atom. The van der Waals surface area contributed by atoms with Gasteiger partial charge in [-0.2, -0.15) is 36.1 Å². The Morgan fingerprint density at radius 3 is 1.30 bits per heavy atom. The molecule has 4 aromatic carbocycles. The minimum Gasteiger partial charge on any atom is -1.00 e. The molecule has 216 valence electrons. The molecule has 4 aliphatic rings. The standard InChI is InChI=1S/2C20H15.CH2.2ClH.Zr/c2*1-3-11-17-15(7-1)10-6-14-20(17)19-12-4-2-8-16-9-5-13-18(16)19;;;;/h2*1-4,6-14H,5H2;1H2;2*1H;/q2*-1;;;;+2/p-2. The molecule has 4 aliphatic carbocycles. The van der Waals surface area contributed by atoms with E-state index in [1.807, 2.05) is 0 Å². The molecule has 0 saturated heterocycles. The Labute approximate surface area is 288 Å². The molecule has 3 heteroatoms. The van der Waals surface area contributed by atoms with Crippen LogP contribution >= 0.6 is 0 Å². The molecule has 0 nitrogen and oxygen atoms in total. The van der Waals surface area contributed by atoms with Gasteiger partial charge in [0, 0.05) is 0 Å². The smallest absolute Gasteiger partial charge is 1.00 e. The zero-order chi connectivity index (χ0) is 28.7.